The summed E-state index contributed by atoms with van der Waals surface area (Å²) in [7, 11) is 0. The van der Waals surface area contributed by atoms with Crippen molar-refractivity contribution < 1.29 is 17.9 Å². The lowest BCUT2D eigenvalue weighted by Crippen LogP contribution is -2.26. The van der Waals surface area contributed by atoms with Crippen LogP contribution in [0.25, 0.3) is 22.8 Å². The third-order valence-electron chi connectivity index (χ3n) is 6.19. The number of anilines is 1. The zero-order valence-electron chi connectivity index (χ0n) is 21.1. The number of ether oxygens (including phenoxy) is 1. The minimum absolute atomic E-state index is 0.274. The van der Waals surface area contributed by atoms with Gasteiger partial charge in [0.15, 0.2) is 5.11 Å². The molecule has 0 radical (unpaired) electrons. The van der Waals surface area contributed by atoms with E-state index in [1.54, 1.807) is 24.8 Å². The van der Waals surface area contributed by atoms with Crippen molar-refractivity contribution >= 4 is 46.5 Å². The summed E-state index contributed by atoms with van der Waals surface area (Å²) in [6, 6.07) is 17.6. The number of fused-ring (bicyclic) bond motifs is 3. The topological polar surface area (TPSA) is 66.7 Å². The maximum absolute atomic E-state index is 12.5. The maximum atomic E-state index is 12.5. The molecule has 0 amide bonds. The summed E-state index contributed by atoms with van der Waals surface area (Å²) in [5.74, 6) is 0.0824. The molecule has 0 atom stereocenters. The molecular formula is C28H25F3N6OS. The van der Waals surface area contributed by atoms with Crippen molar-refractivity contribution in [3.05, 3.63) is 89.9 Å². The van der Waals surface area contributed by atoms with Gasteiger partial charge in [-0.15, -0.1) is 13.2 Å². The zero-order valence-corrected chi connectivity index (χ0v) is 21.9. The Balaban J connectivity index is 1.25. The highest BCUT2D eigenvalue weighted by atomic mass is 32.1. The van der Waals surface area contributed by atoms with Crippen LogP contribution in [0.3, 0.4) is 0 Å². The Hall–Kier alpha value is -4.38. The molecule has 0 fully saturated rings. The van der Waals surface area contributed by atoms with Gasteiger partial charge in [-0.05, 0) is 71.7 Å². The lowest BCUT2D eigenvalue weighted by atomic mass is 10.0. The van der Waals surface area contributed by atoms with E-state index in [4.69, 9.17) is 12.2 Å². The smallest absolute Gasteiger partial charge is 0.406 e. The second kappa shape index (κ2) is 10.8. The molecule has 3 aromatic carbocycles. The standard InChI is InChI=1S/C28H25F3N6OS/c1-18(2)22-5-3-4-6-24(22)34-27(39)35-33-17-36-14-13-23-19(15-36)7-12-25-26(23)32-16-37(25)20-8-10-21(11-9-20)38-28(29,30)31/h3-14,16-18H,15H2,1-2H3,(H2,34,35,39)/b33-17+. The fourth-order valence-corrected chi connectivity index (χ4v) is 4.57. The first-order valence-electron chi connectivity index (χ1n) is 12.2. The fraction of sp³-hybridized carbons (Fsp3) is 0.179. The highest BCUT2D eigenvalue weighted by molar-refractivity contribution is 7.80. The Morgan fingerprint density at radius 2 is 1.87 bits per heavy atom. The second-order valence-electron chi connectivity index (χ2n) is 9.20. The van der Waals surface area contributed by atoms with E-state index in [2.05, 4.69) is 45.5 Å². The van der Waals surface area contributed by atoms with Crippen LogP contribution in [0, 0.1) is 0 Å². The number of hydrogen-bond acceptors (Lipinski definition) is 4. The van der Waals surface area contributed by atoms with E-state index in [1.807, 2.05) is 52.1 Å². The van der Waals surface area contributed by atoms with Gasteiger partial charge in [0.2, 0.25) is 0 Å². The molecule has 2 N–H and O–H groups in total. The van der Waals surface area contributed by atoms with Crippen molar-refractivity contribution in [2.24, 2.45) is 5.10 Å². The largest absolute Gasteiger partial charge is 0.573 e. The van der Waals surface area contributed by atoms with Gasteiger partial charge in [0.25, 0.3) is 0 Å². The van der Waals surface area contributed by atoms with Gasteiger partial charge < -0.3 is 15.0 Å². The van der Waals surface area contributed by atoms with Gasteiger partial charge in [-0.25, -0.2) is 4.98 Å². The predicted octanol–water partition coefficient (Wildman–Crippen LogP) is 6.76. The summed E-state index contributed by atoms with van der Waals surface area (Å²) in [5.41, 5.74) is 9.32. The average Bonchev–Trinajstić information content (AvgIpc) is 3.33. The first kappa shape index (κ1) is 26.2. The molecule has 5 rings (SSSR count). The van der Waals surface area contributed by atoms with Gasteiger partial charge in [-0.2, -0.15) is 5.10 Å². The minimum Gasteiger partial charge on any atom is -0.406 e. The lowest BCUT2D eigenvalue weighted by Gasteiger charge is -2.21. The number of para-hydroxylation sites is 1. The van der Waals surface area contributed by atoms with E-state index in [0.717, 1.165) is 27.8 Å². The van der Waals surface area contributed by atoms with Crippen LogP contribution in [0.4, 0.5) is 18.9 Å². The summed E-state index contributed by atoms with van der Waals surface area (Å²) in [6.07, 6.45) is 2.45. The number of benzene rings is 3. The number of nitrogens with one attached hydrogen (secondary N) is 2. The van der Waals surface area contributed by atoms with Gasteiger partial charge >= 0.3 is 6.36 Å². The fourth-order valence-electron chi connectivity index (χ4n) is 4.41. The molecule has 0 spiro atoms. The Bertz CT molecular complexity index is 1560. The van der Waals surface area contributed by atoms with E-state index >= 15 is 0 Å². The van der Waals surface area contributed by atoms with Crippen molar-refractivity contribution in [2.45, 2.75) is 32.7 Å². The molecule has 1 aliphatic heterocycles. The summed E-state index contributed by atoms with van der Waals surface area (Å²) < 4.78 is 43.2. The third-order valence-corrected chi connectivity index (χ3v) is 6.38. The van der Waals surface area contributed by atoms with E-state index < -0.39 is 6.36 Å². The van der Waals surface area contributed by atoms with E-state index in [0.29, 0.717) is 23.3 Å². The van der Waals surface area contributed by atoms with Crippen molar-refractivity contribution in [1.29, 1.82) is 0 Å². The second-order valence-corrected chi connectivity index (χ2v) is 9.61. The number of rotatable bonds is 6. The number of thiocarbonyl (C=S) groups is 1. The monoisotopic (exact) mass is 550 g/mol. The number of halogens is 3. The Morgan fingerprint density at radius 1 is 1.10 bits per heavy atom. The van der Waals surface area contributed by atoms with Crippen LogP contribution in [0.1, 0.15) is 36.5 Å². The first-order chi connectivity index (χ1) is 18.7. The van der Waals surface area contributed by atoms with Crippen molar-refractivity contribution in [3.8, 4) is 11.4 Å². The Kier molecular flexibility index (Phi) is 7.25. The average molecular weight is 551 g/mol. The van der Waals surface area contributed by atoms with Gasteiger partial charge in [-0.1, -0.05) is 38.1 Å². The SMILES string of the molecule is CC(C)c1ccccc1NC(=S)N/N=C/N1C=Cc2c(ccc3c2ncn3-c2ccc(OC(F)(F)F)cc2)C1. The Morgan fingerprint density at radius 3 is 2.62 bits per heavy atom. The normalized spacial score (nSPS) is 13.2. The molecule has 0 saturated heterocycles. The van der Waals surface area contributed by atoms with Crippen molar-refractivity contribution in [1.82, 2.24) is 19.9 Å². The molecule has 39 heavy (non-hydrogen) atoms. The highest BCUT2D eigenvalue weighted by Crippen LogP contribution is 2.30. The molecule has 0 unspecified atom stereocenters. The van der Waals surface area contributed by atoms with Crippen LogP contribution in [-0.4, -0.2) is 32.3 Å². The molecule has 0 bridgehead atoms. The lowest BCUT2D eigenvalue weighted by molar-refractivity contribution is -0.274. The number of alkyl halides is 3. The maximum Gasteiger partial charge on any atom is 0.573 e. The summed E-state index contributed by atoms with van der Waals surface area (Å²) in [5, 5.41) is 7.86. The molecular weight excluding hydrogens is 525 g/mol. The van der Waals surface area contributed by atoms with E-state index in [-0.39, 0.29) is 5.75 Å². The minimum atomic E-state index is -4.73. The van der Waals surface area contributed by atoms with Crippen LogP contribution < -0.4 is 15.5 Å². The van der Waals surface area contributed by atoms with E-state index in [9.17, 15) is 13.2 Å². The molecule has 1 aromatic heterocycles. The summed E-state index contributed by atoms with van der Waals surface area (Å²) in [4.78, 5) is 6.49. The van der Waals surface area contributed by atoms with Crippen LogP contribution >= 0.6 is 12.2 Å². The number of aromatic nitrogens is 2. The molecule has 4 aromatic rings. The third kappa shape index (κ3) is 6.04. The van der Waals surface area contributed by atoms with Crippen LogP contribution in [0.5, 0.6) is 5.75 Å². The van der Waals surface area contributed by atoms with Crippen LogP contribution in [-0.2, 0) is 6.54 Å². The number of imidazole rings is 1. The molecule has 7 nitrogen and oxygen atoms in total. The van der Waals surface area contributed by atoms with Crippen molar-refractivity contribution in [2.75, 3.05) is 5.32 Å². The summed E-state index contributed by atoms with van der Waals surface area (Å²) in [6.45, 7) is 4.84. The molecule has 2 heterocycles. The number of nitrogens with zero attached hydrogens (tertiary/aromatic N) is 4. The number of hydrazone groups is 1. The van der Waals surface area contributed by atoms with Gasteiger partial charge in [0.1, 0.15) is 18.4 Å². The van der Waals surface area contributed by atoms with Gasteiger partial charge in [-0.3, -0.25) is 9.99 Å². The van der Waals surface area contributed by atoms with Gasteiger partial charge in [0.05, 0.1) is 11.0 Å². The molecule has 11 heteroatoms. The number of hydrogen-bond donors (Lipinski definition) is 2. The van der Waals surface area contributed by atoms with Crippen LogP contribution in [0.2, 0.25) is 0 Å². The molecule has 0 aliphatic carbocycles. The zero-order chi connectivity index (χ0) is 27.6. The predicted molar refractivity (Wildman–Crippen MR) is 151 cm³/mol. The van der Waals surface area contributed by atoms with E-state index in [1.165, 1.54) is 17.7 Å². The van der Waals surface area contributed by atoms with Crippen LogP contribution in [0.15, 0.2) is 78.3 Å². The quantitative estimate of drug-likeness (QED) is 0.120. The molecule has 0 saturated carbocycles. The Labute approximate surface area is 228 Å². The summed E-state index contributed by atoms with van der Waals surface area (Å²) >= 11 is 5.40. The van der Waals surface area contributed by atoms with Crippen molar-refractivity contribution in [3.63, 3.8) is 0 Å². The van der Waals surface area contributed by atoms with Gasteiger partial charge in [0, 0.05) is 29.7 Å². The first-order valence-corrected chi connectivity index (χ1v) is 12.6. The molecule has 1 aliphatic rings. The highest BCUT2D eigenvalue weighted by Gasteiger charge is 2.31. The molecule has 200 valence electrons.